The van der Waals surface area contributed by atoms with Gasteiger partial charge in [-0.15, -0.1) is 0 Å². The van der Waals surface area contributed by atoms with Gasteiger partial charge in [0.1, 0.15) is 6.17 Å². The van der Waals surface area contributed by atoms with Crippen molar-refractivity contribution in [3.05, 3.63) is 77.4 Å². The lowest BCUT2D eigenvalue weighted by atomic mass is 10.1. The highest BCUT2D eigenvalue weighted by atomic mass is 32.2. The molecule has 2 unspecified atom stereocenters. The number of alkyl halides is 1. The zero-order valence-corrected chi connectivity index (χ0v) is 21.6. The standard InChI is InChI=1S/C27H32FN5O3S/c1-21-23(6-4-11-30-21)5-2-3-16-37(35,36)31-26-9-7-24(8-10-26)27(34)33-14-12-32(13-15-33)20-22-17-25(28)19-29-18-22/h2-11,17-18,21,25,31H,12-16,19-20H2,1H3/b3-2-,23-5-. The van der Waals surface area contributed by atoms with Crippen molar-refractivity contribution in [1.29, 1.82) is 0 Å². The maximum Gasteiger partial charge on any atom is 0.253 e. The minimum Gasteiger partial charge on any atom is -0.336 e. The Hall–Kier alpha value is -3.37. The Labute approximate surface area is 217 Å². The van der Waals surface area contributed by atoms with Crippen LogP contribution >= 0.6 is 0 Å². The molecule has 8 nitrogen and oxygen atoms in total. The van der Waals surface area contributed by atoms with Crippen LogP contribution in [0.1, 0.15) is 17.3 Å². The molecule has 0 bridgehead atoms. The van der Waals surface area contributed by atoms with Crippen molar-refractivity contribution < 1.29 is 17.6 Å². The van der Waals surface area contributed by atoms with Crippen LogP contribution in [0.3, 0.4) is 0 Å². The molecular weight excluding hydrogens is 493 g/mol. The molecule has 3 heterocycles. The van der Waals surface area contributed by atoms with E-state index in [2.05, 4.69) is 19.6 Å². The Kier molecular flexibility index (Phi) is 8.83. The zero-order valence-electron chi connectivity index (χ0n) is 20.8. The molecule has 0 aromatic heterocycles. The first kappa shape index (κ1) is 26.7. The molecule has 0 spiro atoms. The van der Waals surface area contributed by atoms with Gasteiger partial charge in [0.2, 0.25) is 10.0 Å². The molecule has 1 aromatic rings. The molecule has 4 rings (SSSR count). The van der Waals surface area contributed by atoms with E-state index in [1.54, 1.807) is 59.8 Å². The monoisotopic (exact) mass is 525 g/mol. The van der Waals surface area contributed by atoms with Gasteiger partial charge in [-0.1, -0.05) is 24.3 Å². The fourth-order valence-corrected chi connectivity index (χ4v) is 5.20. The number of carbonyl (C=O) groups excluding carboxylic acids is 1. The first-order chi connectivity index (χ1) is 17.8. The highest BCUT2D eigenvalue weighted by molar-refractivity contribution is 7.92. The molecule has 1 N–H and O–H groups in total. The predicted octanol–water partition coefficient (Wildman–Crippen LogP) is 3.05. The minimum absolute atomic E-state index is 0.0502. The van der Waals surface area contributed by atoms with Crippen molar-refractivity contribution in [1.82, 2.24) is 9.80 Å². The summed E-state index contributed by atoms with van der Waals surface area (Å²) < 4.78 is 40.9. The van der Waals surface area contributed by atoms with Crippen molar-refractivity contribution in [2.75, 3.05) is 49.7 Å². The number of sulfonamides is 1. The van der Waals surface area contributed by atoms with E-state index in [1.807, 2.05) is 25.2 Å². The van der Waals surface area contributed by atoms with Crippen LogP contribution in [0.25, 0.3) is 0 Å². The van der Waals surface area contributed by atoms with Crippen LogP contribution < -0.4 is 4.72 Å². The van der Waals surface area contributed by atoms with Gasteiger partial charge in [-0.2, -0.15) is 0 Å². The molecule has 1 amide bonds. The molecule has 196 valence electrons. The maximum absolute atomic E-state index is 13.5. The Bertz CT molecular complexity index is 1260. The van der Waals surface area contributed by atoms with E-state index < -0.39 is 16.2 Å². The van der Waals surface area contributed by atoms with Crippen molar-refractivity contribution in [2.45, 2.75) is 19.1 Å². The Balaban J connectivity index is 1.25. The van der Waals surface area contributed by atoms with Gasteiger partial charge in [0, 0.05) is 56.4 Å². The third kappa shape index (κ3) is 7.80. The summed E-state index contributed by atoms with van der Waals surface area (Å²) in [6, 6.07) is 6.52. The number of aliphatic imine (C=N–C) groups is 2. The number of benzene rings is 1. The van der Waals surface area contributed by atoms with E-state index in [9.17, 15) is 17.6 Å². The SMILES string of the molecule is CC1N=CC=C/C1=C/C=C\CS(=O)(=O)Nc1ccc(C(=O)N2CCN(CC3=CC(F)CN=C3)CC2)cc1. The Morgan fingerprint density at radius 2 is 1.95 bits per heavy atom. The van der Waals surface area contributed by atoms with Gasteiger partial charge in [0.25, 0.3) is 5.91 Å². The van der Waals surface area contributed by atoms with Crippen LogP contribution in [0, 0.1) is 0 Å². The number of nitrogens with one attached hydrogen (secondary N) is 1. The highest BCUT2D eigenvalue weighted by Gasteiger charge is 2.23. The molecule has 1 fully saturated rings. The van der Waals surface area contributed by atoms with Gasteiger partial charge in [-0.3, -0.25) is 24.4 Å². The number of nitrogens with zero attached hydrogens (tertiary/aromatic N) is 4. The fourth-order valence-electron chi connectivity index (χ4n) is 4.26. The molecule has 37 heavy (non-hydrogen) atoms. The van der Waals surface area contributed by atoms with Gasteiger partial charge >= 0.3 is 0 Å². The first-order valence-electron chi connectivity index (χ1n) is 12.3. The summed E-state index contributed by atoms with van der Waals surface area (Å²) in [6.07, 6.45) is 13.0. The molecule has 3 aliphatic rings. The lowest BCUT2D eigenvalue weighted by molar-refractivity contribution is 0.0649. The van der Waals surface area contributed by atoms with Gasteiger partial charge in [0.05, 0.1) is 18.3 Å². The Morgan fingerprint density at radius 3 is 2.65 bits per heavy atom. The van der Waals surface area contributed by atoms with Crippen LogP contribution in [0.4, 0.5) is 10.1 Å². The second-order valence-electron chi connectivity index (χ2n) is 9.21. The highest BCUT2D eigenvalue weighted by Crippen LogP contribution is 2.16. The lowest BCUT2D eigenvalue weighted by Crippen LogP contribution is -2.49. The molecule has 0 radical (unpaired) electrons. The van der Waals surface area contributed by atoms with Gasteiger partial charge in [-0.25, -0.2) is 12.8 Å². The minimum atomic E-state index is -3.58. The fraction of sp³-hybridized carbons (Fsp3) is 0.370. The molecule has 0 saturated carbocycles. The number of amides is 1. The zero-order chi connectivity index (χ0) is 26.3. The normalized spacial score (nSPS) is 23.6. The van der Waals surface area contributed by atoms with Crippen molar-refractivity contribution in [3.8, 4) is 0 Å². The van der Waals surface area contributed by atoms with Crippen molar-refractivity contribution >= 4 is 34.0 Å². The molecule has 3 aliphatic heterocycles. The van der Waals surface area contributed by atoms with Crippen LogP contribution in [0.2, 0.25) is 0 Å². The number of anilines is 1. The van der Waals surface area contributed by atoms with E-state index in [0.717, 1.165) is 11.1 Å². The van der Waals surface area contributed by atoms with E-state index in [4.69, 9.17) is 0 Å². The number of dihydropyridines is 2. The number of halogens is 1. The van der Waals surface area contributed by atoms with E-state index in [-0.39, 0.29) is 24.2 Å². The average molecular weight is 526 g/mol. The topological polar surface area (TPSA) is 94.4 Å². The third-order valence-electron chi connectivity index (χ3n) is 6.31. The molecule has 1 aromatic carbocycles. The average Bonchev–Trinajstić information content (AvgIpc) is 2.88. The van der Waals surface area contributed by atoms with Crippen molar-refractivity contribution in [2.24, 2.45) is 9.98 Å². The van der Waals surface area contributed by atoms with E-state index in [1.165, 1.54) is 0 Å². The second kappa shape index (κ2) is 12.2. The number of piperazine rings is 1. The summed E-state index contributed by atoms with van der Waals surface area (Å²) in [5.41, 5.74) is 2.79. The van der Waals surface area contributed by atoms with E-state index in [0.29, 0.717) is 44.0 Å². The quantitative estimate of drug-likeness (QED) is 0.565. The number of allylic oxidation sites excluding steroid dienone is 3. The summed E-state index contributed by atoms with van der Waals surface area (Å²) in [6.45, 7) is 5.31. The molecule has 1 saturated heterocycles. The second-order valence-corrected chi connectivity index (χ2v) is 11.0. The maximum atomic E-state index is 13.5. The summed E-state index contributed by atoms with van der Waals surface area (Å²) in [5, 5.41) is 0. The van der Waals surface area contributed by atoms with Crippen LogP contribution in [0.15, 0.2) is 81.9 Å². The van der Waals surface area contributed by atoms with Crippen molar-refractivity contribution in [3.63, 3.8) is 0 Å². The van der Waals surface area contributed by atoms with Gasteiger partial charge in [-0.05, 0) is 54.5 Å². The molecule has 0 aliphatic carbocycles. The molecule has 10 heteroatoms. The number of carbonyl (C=O) groups is 1. The van der Waals surface area contributed by atoms with Crippen LogP contribution in [-0.4, -0.2) is 93.8 Å². The third-order valence-corrected chi connectivity index (χ3v) is 7.49. The summed E-state index contributed by atoms with van der Waals surface area (Å²) in [5.74, 6) is -0.264. The van der Waals surface area contributed by atoms with Crippen LogP contribution in [0.5, 0.6) is 0 Å². The van der Waals surface area contributed by atoms with Gasteiger partial charge < -0.3 is 4.90 Å². The lowest BCUT2D eigenvalue weighted by Gasteiger charge is -2.35. The number of hydrogen-bond donors (Lipinski definition) is 1. The Morgan fingerprint density at radius 1 is 1.19 bits per heavy atom. The summed E-state index contributed by atoms with van der Waals surface area (Å²) >= 11 is 0. The molecule has 2 atom stereocenters. The molecular formula is C27H32FN5O3S. The number of rotatable bonds is 8. The summed E-state index contributed by atoms with van der Waals surface area (Å²) in [4.78, 5) is 25.2. The number of hydrogen-bond acceptors (Lipinski definition) is 6. The van der Waals surface area contributed by atoms with E-state index >= 15 is 0 Å². The van der Waals surface area contributed by atoms with Crippen LogP contribution in [-0.2, 0) is 10.0 Å². The summed E-state index contributed by atoms with van der Waals surface area (Å²) in [7, 11) is -3.58. The predicted molar refractivity (Wildman–Crippen MR) is 147 cm³/mol. The largest absolute Gasteiger partial charge is 0.336 e. The van der Waals surface area contributed by atoms with Gasteiger partial charge in [0.15, 0.2) is 0 Å². The smallest absolute Gasteiger partial charge is 0.253 e. The first-order valence-corrected chi connectivity index (χ1v) is 14.0.